The zero-order chi connectivity index (χ0) is 30.2. The van der Waals surface area contributed by atoms with Crippen molar-refractivity contribution >= 4 is 29.1 Å². The number of thiophene rings is 1. The lowest BCUT2D eigenvalue weighted by Crippen LogP contribution is -2.44. The number of fused-ring (bicyclic) bond motifs is 2. The zero-order valence-electron chi connectivity index (χ0n) is 24.1. The topological polar surface area (TPSA) is 114 Å². The van der Waals surface area contributed by atoms with E-state index in [0.717, 1.165) is 24.0 Å². The lowest BCUT2D eigenvalue weighted by atomic mass is 9.87. The summed E-state index contributed by atoms with van der Waals surface area (Å²) in [5.74, 6) is -1.35. The monoisotopic (exact) mass is 596 g/mol. The number of nitrogens with one attached hydrogen (secondary N) is 2. The minimum atomic E-state index is -0.663. The Hall–Kier alpha value is -4.37. The molecule has 1 aliphatic carbocycles. The summed E-state index contributed by atoms with van der Waals surface area (Å²) in [7, 11) is 0. The summed E-state index contributed by atoms with van der Waals surface area (Å²) in [6.45, 7) is 4.06. The molecule has 2 aliphatic rings. The average molecular weight is 597 g/mol. The fraction of sp³-hybridized carbons (Fsp3) is 0.294. The van der Waals surface area contributed by atoms with Crippen molar-refractivity contribution in [1.29, 1.82) is 0 Å². The third-order valence-electron chi connectivity index (χ3n) is 8.11. The summed E-state index contributed by atoms with van der Waals surface area (Å²) in [6.07, 6.45) is 3.20. The molecule has 2 aromatic carbocycles. The number of pyridine rings is 1. The van der Waals surface area contributed by atoms with Gasteiger partial charge in [0.2, 0.25) is 0 Å². The number of amides is 3. The Kier molecular flexibility index (Phi) is 7.83. The number of carbonyl (C=O) groups excluding carboxylic acids is 3. The van der Waals surface area contributed by atoms with Crippen LogP contribution in [0.2, 0.25) is 0 Å². The average Bonchev–Trinajstić information content (AvgIpc) is 3.61. The number of aromatic nitrogens is 1. The van der Waals surface area contributed by atoms with Crippen LogP contribution in [0.15, 0.2) is 60.7 Å². The first-order valence-corrected chi connectivity index (χ1v) is 15.4. The van der Waals surface area contributed by atoms with Crippen molar-refractivity contribution in [3.05, 3.63) is 111 Å². The number of nitrogens with two attached hydrogens (primary N) is 1. The van der Waals surface area contributed by atoms with E-state index in [1.54, 1.807) is 24.3 Å². The Bertz CT molecular complexity index is 1730. The van der Waals surface area contributed by atoms with E-state index in [4.69, 9.17) is 10.7 Å². The second kappa shape index (κ2) is 11.7. The van der Waals surface area contributed by atoms with Gasteiger partial charge >= 0.3 is 0 Å². The van der Waals surface area contributed by atoms with E-state index in [1.807, 2.05) is 32.0 Å². The number of hydrogen-bond donors (Lipinski definition) is 3. The van der Waals surface area contributed by atoms with Crippen LogP contribution >= 0.6 is 11.3 Å². The molecule has 4 aromatic rings. The molecular weight excluding hydrogens is 563 g/mol. The molecule has 3 amide bonds. The van der Waals surface area contributed by atoms with Crippen molar-refractivity contribution in [3.63, 3.8) is 0 Å². The molecule has 6 rings (SSSR count). The van der Waals surface area contributed by atoms with Gasteiger partial charge < -0.3 is 16.4 Å². The van der Waals surface area contributed by atoms with Crippen LogP contribution in [-0.4, -0.2) is 28.7 Å². The number of carbonyl (C=O) groups is 3. The Balaban J connectivity index is 1.36. The first-order chi connectivity index (χ1) is 20.7. The van der Waals surface area contributed by atoms with Crippen LogP contribution in [0.3, 0.4) is 0 Å². The standard InChI is InChI=1S/C34H33FN4O3S/c1-18(2)15-25-29(32(36)40)31(30-26(38-25)17-22(37-34(30)42)16-19-7-10-21(35)11-8-19)27-13-14-28(43-27)33(41)39-24-12-9-20-5-3-4-6-23(20)24/h3-8,10-11,13-14,18,22,24H,9,12,15-17H2,1-2H3,(H2,36,40)(H,37,42)(H,39,41)/t22-,24-/m0/s1. The Labute approximate surface area is 253 Å². The summed E-state index contributed by atoms with van der Waals surface area (Å²) >= 11 is 1.23. The molecule has 3 heterocycles. The molecule has 0 saturated carbocycles. The highest BCUT2D eigenvalue weighted by atomic mass is 32.1. The third-order valence-corrected chi connectivity index (χ3v) is 9.21. The predicted molar refractivity (Wildman–Crippen MR) is 165 cm³/mol. The normalized spacial score (nSPS) is 17.3. The summed E-state index contributed by atoms with van der Waals surface area (Å²) in [5.41, 5.74) is 11.3. The number of nitrogens with zero attached hydrogens (tertiary/aromatic N) is 1. The smallest absolute Gasteiger partial charge is 0.261 e. The number of hydrogen-bond acceptors (Lipinski definition) is 5. The molecule has 0 bridgehead atoms. The van der Waals surface area contributed by atoms with E-state index < -0.39 is 5.91 Å². The summed E-state index contributed by atoms with van der Waals surface area (Å²) < 4.78 is 13.5. The van der Waals surface area contributed by atoms with Crippen molar-refractivity contribution in [2.24, 2.45) is 11.7 Å². The Morgan fingerprint density at radius 1 is 1.09 bits per heavy atom. The van der Waals surface area contributed by atoms with E-state index in [0.29, 0.717) is 51.5 Å². The SMILES string of the molecule is CC(C)Cc1nc2c(c(-c3ccc(C(=O)N[C@H]4CCc5ccccc54)s3)c1C(N)=O)C(=O)N[C@@H](Cc1ccc(F)cc1)C2. The third kappa shape index (κ3) is 5.82. The Morgan fingerprint density at radius 2 is 1.86 bits per heavy atom. The van der Waals surface area contributed by atoms with Crippen LogP contribution in [0.5, 0.6) is 0 Å². The molecule has 43 heavy (non-hydrogen) atoms. The second-order valence-corrected chi connectivity index (χ2v) is 12.8. The zero-order valence-corrected chi connectivity index (χ0v) is 24.9. The van der Waals surface area contributed by atoms with E-state index in [1.165, 1.54) is 29.0 Å². The van der Waals surface area contributed by atoms with Crippen LogP contribution in [0.4, 0.5) is 4.39 Å². The van der Waals surface area contributed by atoms with E-state index in [9.17, 15) is 18.8 Å². The quantitative estimate of drug-likeness (QED) is 0.247. The van der Waals surface area contributed by atoms with Crippen LogP contribution in [0.25, 0.3) is 10.4 Å². The van der Waals surface area contributed by atoms with Gasteiger partial charge in [-0.3, -0.25) is 19.4 Å². The molecule has 0 unspecified atom stereocenters. The van der Waals surface area contributed by atoms with Gasteiger partial charge in [-0.1, -0.05) is 50.2 Å². The van der Waals surface area contributed by atoms with Crippen molar-refractivity contribution in [2.45, 2.75) is 58.0 Å². The fourth-order valence-corrected chi connectivity index (χ4v) is 7.19. The summed E-state index contributed by atoms with van der Waals surface area (Å²) in [4.78, 5) is 46.0. The lowest BCUT2D eigenvalue weighted by Gasteiger charge is -2.28. The number of aryl methyl sites for hydroxylation is 1. The molecule has 220 valence electrons. The number of halogens is 1. The molecule has 0 spiro atoms. The van der Waals surface area contributed by atoms with Crippen LogP contribution in [-0.2, 0) is 25.7 Å². The van der Waals surface area contributed by atoms with Gasteiger partial charge in [0.1, 0.15) is 5.82 Å². The van der Waals surface area contributed by atoms with Gasteiger partial charge in [0.05, 0.1) is 33.4 Å². The lowest BCUT2D eigenvalue weighted by molar-refractivity contribution is 0.0921. The second-order valence-electron chi connectivity index (χ2n) is 11.7. The van der Waals surface area contributed by atoms with Gasteiger partial charge in [-0.15, -0.1) is 11.3 Å². The van der Waals surface area contributed by atoms with Crippen molar-refractivity contribution < 1.29 is 18.8 Å². The number of primary amides is 1. The van der Waals surface area contributed by atoms with Gasteiger partial charge in [0.15, 0.2) is 0 Å². The minimum absolute atomic E-state index is 0.0643. The predicted octanol–water partition coefficient (Wildman–Crippen LogP) is 5.56. The molecular formula is C34H33FN4O3S. The molecule has 0 radical (unpaired) electrons. The number of benzene rings is 2. The van der Waals surface area contributed by atoms with E-state index in [-0.39, 0.29) is 41.2 Å². The highest BCUT2D eigenvalue weighted by molar-refractivity contribution is 7.17. The van der Waals surface area contributed by atoms with Gasteiger partial charge in [-0.2, -0.15) is 0 Å². The van der Waals surface area contributed by atoms with Crippen LogP contribution in [0.1, 0.15) is 84.8 Å². The van der Waals surface area contributed by atoms with E-state index in [2.05, 4.69) is 16.7 Å². The maximum Gasteiger partial charge on any atom is 0.261 e. The summed E-state index contributed by atoms with van der Waals surface area (Å²) in [5, 5.41) is 6.22. The number of rotatable bonds is 8. The van der Waals surface area contributed by atoms with Crippen LogP contribution in [0, 0.1) is 11.7 Å². The molecule has 9 heteroatoms. The molecule has 0 fully saturated rings. The first-order valence-electron chi connectivity index (χ1n) is 14.6. The maximum atomic E-state index is 13.7. The molecule has 1 aliphatic heterocycles. The molecule has 2 atom stereocenters. The fourth-order valence-electron chi connectivity index (χ4n) is 6.23. The highest BCUT2D eigenvalue weighted by Gasteiger charge is 2.34. The van der Waals surface area contributed by atoms with Gasteiger partial charge in [-0.25, -0.2) is 4.39 Å². The van der Waals surface area contributed by atoms with Crippen molar-refractivity contribution in [2.75, 3.05) is 0 Å². The first kappa shape index (κ1) is 28.7. The summed E-state index contributed by atoms with van der Waals surface area (Å²) in [6, 6.07) is 17.5. The van der Waals surface area contributed by atoms with Gasteiger partial charge in [0, 0.05) is 22.9 Å². The highest BCUT2D eigenvalue weighted by Crippen LogP contribution is 2.39. The molecule has 7 nitrogen and oxygen atoms in total. The molecule has 4 N–H and O–H groups in total. The van der Waals surface area contributed by atoms with E-state index >= 15 is 0 Å². The molecule has 0 saturated heterocycles. The van der Waals surface area contributed by atoms with Crippen LogP contribution < -0.4 is 16.4 Å². The van der Waals surface area contributed by atoms with Gasteiger partial charge in [-0.05, 0) is 72.6 Å². The minimum Gasteiger partial charge on any atom is -0.366 e. The largest absolute Gasteiger partial charge is 0.366 e. The van der Waals surface area contributed by atoms with Crippen molar-refractivity contribution in [1.82, 2.24) is 15.6 Å². The maximum absolute atomic E-state index is 13.7. The molecule has 2 aromatic heterocycles. The Morgan fingerprint density at radius 3 is 2.60 bits per heavy atom. The van der Waals surface area contributed by atoms with Crippen molar-refractivity contribution in [3.8, 4) is 10.4 Å². The van der Waals surface area contributed by atoms with Gasteiger partial charge in [0.25, 0.3) is 17.7 Å².